The van der Waals surface area contributed by atoms with Crippen molar-refractivity contribution in [2.75, 3.05) is 11.9 Å². The summed E-state index contributed by atoms with van der Waals surface area (Å²) in [5.41, 5.74) is 3.11. The van der Waals surface area contributed by atoms with Gasteiger partial charge in [0.1, 0.15) is 0 Å². The Morgan fingerprint density at radius 3 is 2.26 bits per heavy atom. The molecule has 2 aromatic rings. The van der Waals surface area contributed by atoms with Gasteiger partial charge in [-0.3, -0.25) is 0 Å². The zero-order chi connectivity index (χ0) is 16.9. The first-order valence-electron chi connectivity index (χ1n) is 8.09. The molecule has 2 N–H and O–H groups in total. The Morgan fingerprint density at radius 1 is 1.00 bits per heavy atom. The lowest BCUT2D eigenvalue weighted by atomic mass is 9.85. The molecule has 3 heteroatoms. The third kappa shape index (κ3) is 4.59. The molecule has 0 unspecified atom stereocenters. The predicted octanol–water partition coefficient (Wildman–Crippen LogP) is 4.91. The largest absolute Gasteiger partial charge is 0.337 e. The van der Waals surface area contributed by atoms with Crippen LogP contribution in [0, 0.1) is 0 Å². The lowest BCUT2D eigenvalue weighted by Gasteiger charge is -2.26. The van der Waals surface area contributed by atoms with Crippen molar-refractivity contribution in [2.45, 2.75) is 39.0 Å². The van der Waals surface area contributed by atoms with E-state index in [0.29, 0.717) is 12.5 Å². The van der Waals surface area contributed by atoms with Crippen LogP contribution in [-0.2, 0) is 5.41 Å². The maximum Gasteiger partial charge on any atom is 0.319 e. The maximum atomic E-state index is 12.2. The second kappa shape index (κ2) is 7.32. The van der Waals surface area contributed by atoms with Gasteiger partial charge in [-0.15, -0.1) is 0 Å². The molecule has 0 heterocycles. The lowest BCUT2D eigenvalue weighted by Crippen LogP contribution is -2.39. The summed E-state index contributed by atoms with van der Waals surface area (Å²) in [6, 6.07) is 18.0. The number of hydrogen-bond donors (Lipinski definition) is 2. The number of urea groups is 1. The average molecular weight is 310 g/mol. The van der Waals surface area contributed by atoms with Crippen LogP contribution in [0.1, 0.15) is 44.7 Å². The molecule has 2 rings (SSSR count). The van der Waals surface area contributed by atoms with Crippen LogP contribution in [0.25, 0.3) is 0 Å². The number of hydrogen-bond acceptors (Lipinski definition) is 1. The van der Waals surface area contributed by atoms with Crippen LogP contribution in [0.15, 0.2) is 54.6 Å². The first kappa shape index (κ1) is 17.1. The Balaban J connectivity index is 1.98. The van der Waals surface area contributed by atoms with Gasteiger partial charge in [-0.1, -0.05) is 76.2 Å². The van der Waals surface area contributed by atoms with E-state index in [9.17, 15) is 4.79 Å². The van der Waals surface area contributed by atoms with Gasteiger partial charge in [0.2, 0.25) is 0 Å². The standard InChI is InChI=1S/C20H26N2O/c1-15(2)17-12-8-9-13-18(17)22-19(23)21-14-20(3,4)16-10-6-5-7-11-16/h5-13,15H,14H2,1-4H3,(H2,21,22,23). The van der Waals surface area contributed by atoms with E-state index >= 15 is 0 Å². The van der Waals surface area contributed by atoms with E-state index in [-0.39, 0.29) is 11.4 Å². The van der Waals surface area contributed by atoms with Crippen molar-refractivity contribution in [3.63, 3.8) is 0 Å². The summed E-state index contributed by atoms with van der Waals surface area (Å²) in [6.07, 6.45) is 0. The highest BCUT2D eigenvalue weighted by Crippen LogP contribution is 2.24. The van der Waals surface area contributed by atoms with Gasteiger partial charge in [0, 0.05) is 17.6 Å². The molecule has 0 bridgehead atoms. The normalized spacial score (nSPS) is 11.3. The van der Waals surface area contributed by atoms with Crippen LogP contribution in [0.5, 0.6) is 0 Å². The van der Waals surface area contributed by atoms with Gasteiger partial charge in [0.25, 0.3) is 0 Å². The van der Waals surface area contributed by atoms with E-state index in [0.717, 1.165) is 11.3 Å². The Hall–Kier alpha value is -2.29. The average Bonchev–Trinajstić information content (AvgIpc) is 2.54. The van der Waals surface area contributed by atoms with Crippen molar-refractivity contribution in [1.29, 1.82) is 0 Å². The number of benzene rings is 2. The van der Waals surface area contributed by atoms with Gasteiger partial charge in [0.15, 0.2) is 0 Å². The minimum Gasteiger partial charge on any atom is -0.337 e. The van der Waals surface area contributed by atoms with Crippen molar-refractivity contribution < 1.29 is 4.79 Å². The second-order valence-electron chi connectivity index (χ2n) is 6.80. The molecule has 122 valence electrons. The predicted molar refractivity (Wildman–Crippen MR) is 97.0 cm³/mol. The van der Waals surface area contributed by atoms with E-state index in [1.165, 1.54) is 5.56 Å². The molecule has 2 amide bonds. The Labute approximate surface area is 139 Å². The van der Waals surface area contributed by atoms with Crippen LogP contribution < -0.4 is 10.6 Å². The molecule has 0 aromatic heterocycles. The van der Waals surface area contributed by atoms with E-state index in [1.807, 2.05) is 42.5 Å². The molecule has 0 radical (unpaired) electrons. The number of amides is 2. The van der Waals surface area contributed by atoms with Crippen molar-refractivity contribution in [2.24, 2.45) is 0 Å². The topological polar surface area (TPSA) is 41.1 Å². The third-order valence-corrected chi connectivity index (χ3v) is 4.08. The van der Waals surface area contributed by atoms with Gasteiger partial charge >= 0.3 is 6.03 Å². The summed E-state index contributed by atoms with van der Waals surface area (Å²) in [7, 11) is 0. The summed E-state index contributed by atoms with van der Waals surface area (Å²) in [5.74, 6) is 0.368. The molecule has 0 aliphatic rings. The fourth-order valence-corrected chi connectivity index (χ4v) is 2.57. The highest BCUT2D eigenvalue weighted by molar-refractivity contribution is 5.90. The summed E-state index contributed by atoms with van der Waals surface area (Å²) in [6.45, 7) is 9.08. The number of carbonyl (C=O) groups excluding carboxylic acids is 1. The minimum atomic E-state index is -0.165. The van der Waals surface area contributed by atoms with E-state index in [1.54, 1.807) is 0 Å². The molecule has 0 fully saturated rings. The highest BCUT2D eigenvalue weighted by Gasteiger charge is 2.21. The van der Waals surface area contributed by atoms with Gasteiger partial charge < -0.3 is 10.6 Å². The zero-order valence-electron chi connectivity index (χ0n) is 14.4. The van der Waals surface area contributed by atoms with Crippen LogP contribution in [0.3, 0.4) is 0 Å². The molecule has 3 nitrogen and oxygen atoms in total. The highest BCUT2D eigenvalue weighted by atomic mass is 16.2. The van der Waals surface area contributed by atoms with Gasteiger partial charge in [-0.2, -0.15) is 0 Å². The van der Waals surface area contributed by atoms with Crippen LogP contribution in [0.4, 0.5) is 10.5 Å². The third-order valence-electron chi connectivity index (χ3n) is 4.08. The first-order chi connectivity index (χ1) is 10.9. The van der Waals surface area contributed by atoms with Crippen molar-refractivity contribution >= 4 is 11.7 Å². The van der Waals surface area contributed by atoms with Crippen LogP contribution in [-0.4, -0.2) is 12.6 Å². The summed E-state index contributed by atoms with van der Waals surface area (Å²) in [4.78, 5) is 12.2. The number of nitrogens with one attached hydrogen (secondary N) is 2. The molecular formula is C20H26N2O. The molecule has 0 aliphatic carbocycles. The SMILES string of the molecule is CC(C)c1ccccc1NC(=O)NCC(C)(C)c1ccccc1. The monoisotopic (exact) mass is 310 g/mol. The van der Waals surface area contributed by atoms with Gasteiger partial charge in [0.05, 0.1) is 0 Å². The molecule has 0 spiro atoms. The number of carbonyl (C=O) groups is 1. The molecule has 0 saturated heterocycles. The van der Waals surface area contributed by atoms with E-state index < -0.39 is 0 Å². The maximum absolute atomic E-state index is 12.2. The molecule has 23 heavy (non-hydrogen) atoms. The zero-order valence-corrected chi connectivity index (χ0v) is 14.4. The molecule has 0 aliphatic heterocycles. The van der Waals surface area contributed by atoms with E-state index in [4.69, 9.17) is 0 Å². The fraction of sp³-hybridized carbons (Fsp3) is 0.350. The summed E-state index contributed by atoms with van der Waals surface area (Å²) >= 11 is 0. The van der Waals surface area contributed by atoms with E-state index in [2.05, 4.69) is 50.5 Å². The Morgan fingerprint density at radius 2 is 1.61 bits per heavy atom. The van der Waals surface area contributed by atoms with Crippen molar-refractivity contribution in [1.82, 2.24) is 5.32 Å². The molecule has 0 saturated carbocycles. The molecular weight excluding hydrogens is 284 g/mol. The first-order valence-corrected chi connectivity index (χ1v) is 8.09. The van der Waals surface area contributed by atoms with Crippen LogP contribution in [0.2, 0.25) is 0 Å². The molecule has 2 aromatic carbocycles. The van der Waals surface area contributed by atoms with Crippen molar-refractivity contribution in [3.8, 4) is 0 Å². The lowest BCUT2D eigenvalue weighted by molar-refractivity contribution is 0.249. The van der Waals surface area contributed by atoms with Crippen molar-refractivity contribution in [3.05, 3.63) is 65.7 Å². The second-order valence-corrected chi connectivity index (χ2v) is 6.80. The number of anilines is 1. The summed E-state index contributed by atoms with van der Waals surface area (Å²) < 4.78 is 0. The van der Waals surface area contributed by atoms with Gasteiger partial charge in [-0.05, 0) is 23.1 Å². The molecule has 0 atom stereocenters. The van der Waals surface area contributed by atoms with Gasteiger partial charge in [-0.25, -0.2) is 4.79 Å². The Bertz CT molecular complexity index is 648. The minimum absolute atomic E-state index is 0.115. The summed E-state index contributed by atoms with van der Waals surface area (Å²) in [5, 5.41) is 5.95. The smallest absolute Gasteiger partial charge is 0.319 e. The number of para-hydroxylation sites is 1. The quantitative estimate of drug-likeness (QED) is 0.809. The van der Waals surface area contributed by atoms with Crippen LogP contribution >= 0.6 is 0 Å². The number of rotatable bonds is 5. The fourth-order valence-electron chi connectivity index (χ4n) is 2.57. The Kier molecular flexibility index (Phi) is 5.43.